The summed E-state index contributed by atoms with van der Waals surface area (Å²) in [7, 11) is -1.21. The van der Waals surface area contributed by atoms with Gasteiger partial charge in [0.1, 0.15) is 18.1 Å². The first-order valence-electron chi connectivity index (χ1n) is 8.69. The second kappa shape index (κ2) is 9.52. The predicted octanol–water partition coefficient (Wildman–Crippen LogP) is 2.15. The minimum Gasteiger partial charge on any atom is -0.494 e. The van der Waals surface area contributed by atoms with E-state index < -0.39 is 28.5 Å². The van der Waals surface area contributed by atoms with Gasteiger partial charge in [0, 0.05) is 26.2 Å². The van der Waals surface area contributed by atoms with Crippen LogP contribution in [0.3, 0.4) is 0 Å². The van der Waals surface area contributed by atoms with Crippen LogP contribution in [0.25, 0.3) is 0 Å². The van der Waals surface area contributed by atoms with Crippen molar-refractivity contribution in [2.75, 3.05) is 31.6 Å². The number of carbonyl (C=O) groups excluding carboxylic acids is 1. The van der Waals surface area contributed by atoms with E-state index in [1.54, 1.807) is 6.07 Å². The number of carbonyl (C=O) groups is 1. The Morgan fingerprint density at radius 1 is 1.11 bits per heavy atom. The molecular formula is C19H24FN3O4S. The summed E-state index contributed by atoms with van der Waals surface area (Å²) in [4.78, 5) is 12.5. The minimum atomic E-state index is -3.94. The Hall–Kier alpha value is -2.65. The maximum atomic E-state index is 13.2. The first kappa shape index (κ1) is 21.6. The molecule has 0 aliphatic rings. The van der Waals surface area contributed by atoms with Gasteiger partial charge in [-0.2, -0.15) is 12.7 Å². The molecule has 0 saturated heterocycles. The van der Waals surface area contributed by atoms with E-state index in [1.165, 1.54) is 26.2 Å². The van der Waals surface area contributed by atoms with Crippen LogP contribution in [0, 0.1) is 5.82 Å². The molecule has 0 spiro atoms. The third-order valence-electron chi connectivity index (χ3n) is 3.89. The van der Waals surface area contributed by atoms with Crippen LogP contribution in [0.5, 0.6) is 5.75 Å². The third-order valence-corrected chi connectivity index (χ3v) is 5.71. The first-order valence-corrected chi connectivity index (χ1v) is 10.1. The molecule has 1 N–H and O–H groups in total. The van der Waals surface area contributed by atoms with Crippen LogP contribution in [0.2, 0.25) is 0 Å². The van der Waals surface area contributed by atoms with Crippen LogP contribution < -0.4 is 14.4 Å². The molecule has 9 heteroatoms. The van der Waals surface area contributed by atoms with Crippen molar-refractivity contribution in [3.8, 4) is 5.75 Å². The van der Waals surface area contributed by atoms with Gasteiger partial charge in [-0.1, -0.05) is 18.2 Å². The average Bonchev–Trinajstić information content (AvgIpc) is 2.66. The predicted molar refractivity (Wildman–Crippen MR) is 106 cm³/mol. The van der Waals surface area contributed by atoms with Gasteiger partial charge in [0.25, 0.3) is 0 Å². The SMILES string of the molecule is CCOc1ccccc1CNC(=O)CN(c1ccc(F)cc1)S(=O)(=O)N(C)C. The van der Waals surface area contributed by atoms with E-state index in [-0.39, 0.29) is 12.2 Å². The Balaban J connectivity index is 2.16. The summed E-state index contributed by atoms with van der Waals surface area (Å²) < 4.78 is 45.9. The zero-order valence-electron chi connectivity index (χ0n) is 16.1. The van der Waals surface area contributed by atoms with Crippen molar-refractivity contribution in [3.05, 3.63) is 59.9 Å². The van der Waals surface area contributed by atoms with E-state index >= 15 is 0 Å². The van der Waals surface area contributed by atoms with Crippen molar-refractivity contribution in [1.29, 1.82) is 0 Å². The maximum Gasteiger partial charge on any atom is 0.304 e. The highest BCUT2D eigenvalue weighted by atomic mass is 32.2. The maximum absolute atomic E-state index is 13.2. The molecule has 0 saturated carbocycles. The molecule has 152 valence electrons. The van der Waals surface area contributed by atoms with Gasteiger partial charge in [0.2, 0.25) is 5.91 Å². The Kier molecular flexibility index (Phi) is 7.36. The summed E-state index contributed by atoms with van der Waals surface area (Å²) in [6.07, 6.45) is 0. The molecule has 0 aromatic heterocycles. The molecular weight excluding hydrogens is 385 g/mol. The standard InChI is InChI=1S/C19H24FN3O4S/c1-4-27-18-8-6-5-7-15(18)13-21-19(24)14-23(28(25,26)22(2)3)17-11-9-16(20)10-12-17/h5-12H,4,13-14H2,1-3H3,(H,21,24). The Bertz CT molecular complexity index is 902. The van der Waals surface area contributed by atoms with Gasteiger partial charge >= 0.3 is 10.2 Å². The van der Waals surface area contributed by atoms with Crippen LogP contribution in [-0.2, 0) is 21.5 Å². The smallest absolute Gasteiger partial charge is 0.304 e. The fourth-order valence-electron chi connectivity index (χ4n) is 2.44. The monoisotopic (exact) mass is 409 g/mol. The van der Waals surface area contributed by atoms with Crippen LogP contribution >= 0.6 is 0 Å². The number of halogens is 1. The van der Waals surface area contributed by atoms with Crippen LogP contribution in [0.1, 0.15) is 12.5 Å². The molecule has 2 aromatic carbocycles. The lowest BCUT2D eigenvalue weighted by molar-refractivity contribution is -0.119. The largest absolute Gasteiger partial charge is 0.494 e. The summed E-state index contributed by atoms with van der Waals surface area (Å²) in [6.45, 7) is 2.10. The molecule has 0 radical (unpaired) electrons. The fraction of sp³-hybridized carbons (Fsp3) is 0.316. The molecule has 0 fully saturated rings. The second-order valence-corrected chi connectivity index (χ2v) is 8.16. The summed E-state index contributed by atoms with van der Waals surface area (Å²) in [5.74, 6) is -0.342. The highest BCUT2D eigenvalue weighted by Gasteiger charge is 2.27. The average molecular weight is 409 g/mol. The lowest BCUT2D eigenvalue weighted by Gasteiger charge is -2.27. The van der Waals surface area contributed by atoms with Gasteiger partial charge in [0.05, 0.1) is 12.3 Å². The minimum absolute atomic E-state index is 0.189. The van der Waals surface area contributed by atoms with E-state index in [0.29, 0.717) is 12.4 Å². The Labute approximate surface area is 164 Å². The molecule has 7 nitrogen and oxygen atoms in total. The molecule has 0 bridgehead atoms. The Morgan fingerprint density at radius 3 is 2.36 bits per heavy atom. The molecule has 0 aliphatic heterocycles. The van der Waals surface area contributed by atoms with Gasteiger partial charge in [0.15, 0.2) is 0 Å². The number of ether oxygens (including phenoxy) is 1. The highest BCUT2D eigenvalue weighted by Crippen LogP contribution is 2.20. The summed E-state index contributed by atoms with van der Waals surface area (Å²) in [6, 6.07) is 12.2. The van der Waals surface area contributed by atoms with Crippen molar-refractivity contribution in [2.24, 2.45) is 0 Å². The van der Waals surface area contributed by atoms with Gasteiger partial charge < -0.3 is 10.1 Å². The number of para-hydroxylation sites is 1. The van der Waals surface area contributed by atoms with Gasteiger partial charge in [-0.3, -0.25) is 4.79 Å². The molecule has 2 rings (SSSR count). The molecule has 0 heterocycles. The van der Waals surface area contributed by atoms with Crippen molar-refractivity contribution in [3.63, 3.8) is 0 Å². The normalized spacial score (nSPS) is 11.3. The van der Waals surface area contributed by atoms with E-state index in [4.69, 9.17) is 4.74 Å². The number of rotatable bonds is 9. The number of hydrogen-bond donors (Lipinski definition) is 1. The van der Waals surface area contributed by atoms with Crippen molar-refractivity contribution in [2.45, 2.75) is 13.5 Å². The van der Waals surface area contributed by atoms with Crippen molar-refractivity contribution in [1.82, 2.24) is 9.62 Å². The van der Waals surface area contributed by atoms with Crippen LogP contribution in [0.4, 0.5) is 10.1 Å². The van der Waals surface area contributed by atoms with Gasteiger partial charge in [-0.25, -0.2) is 8.70 Å². The summed E-state index contributed by atoms with van der Waals surface area (Å²) in [5.41, 5.74) is 0.974. The number of anilines is 1. The number of benzene rings is 2. The molecule has 1 amide bonds. The van der Waals surface area contributed by atoms with E-state index in [2.05, 4.69) is 5.32 Å². The van der Waals surface area contributed by atoms with Crippen LogP contribution in [-0.4, -0.2) is 45.9 Å². The second-order valence-electron chi connectivity index (χ2n) is 6.09. The number of nitrogens with zero attached hydrogens (tertiary/aromatic N) is 2. The summed E-state index contributed by atoms with van der Waals surface area (Å²) >= 11 is 0. The zero-order valence-corrected chi connectivity index (χ0v) is 16.9. The first-order chi connectivity index (χ1) is 13.3. The zero-order chi connectivity index (χ0) is 20.7. The quantitative estimate of drug-likeness (QED) is 0.688. The van der Waals surface area contributed by atoms with E-state index in [9.17, 15) is 17.6 Å². The highest BCUT2D eigenvalue weighted by molar-refractivity contribution is 7.90. The lowest BCUT2D eigenvalue weighted by Crippen LogP contribution is -2.45. The lowest BCUT2D eigenvalue weighted by atomic mass is 10.2. The van der Waals surface area contributed by atoms with Crippen molar-refractivity contribution < 1.29 is 22.3 Å². The van der Waals surface area contributed by atoms with Crippen molar-refractivity contribution >= 4 is 21.8 Å². The molecule has 0 unspecified atom stereocenters. The van der Waals surface area contributed by atoms with Crippen LogP contribution in [0.15, 0.2) is 48.5 Å². The third kappa shape index (κ3) is 5.43. The Morgan fingerprint density at radius 2 is 1.75 bits per heavy atom. The van der Waals surface area contributed by atoms with E-state index in [1.807, 2.05) is 25.1 Å². The van der Waals surface area contributed by atoms with Gasteiger partial charge in [-0.15, -0.1) is 0 Å². The molecule has 28 heavy (non-hydrogen) atoms. The topological polar surface area (TPSA) is 79.0 Å². The number of amides is 1. The molecule has 0 atom stereocenters. The van der Waals surface area contributed by atoms with Gasteiger partial charge in [-0.05, 0) is 37.3 Å². The molecule has 2 aromatic rings. The fourth-order valence-corrected chi connectivity index (χ4v) is 3.50. The molecule has 0 aliphatic carbocycles. The number of nitrogens with one attached hydrogen (secondary N) is 1. The van der Waals surface area contributed by atoms with E-state index in [0.717, 1.165) is 26.3 Å². The number of hydrogen-bond acceptors (Lipinski definition) is 4. The summed E-state index contributed by atoms with van der Waals surface area (Å²) in [5, 5.41) is 2.70.